The highest BCUT2D eigenvalue weighted by molar-refractivity contribution is 9.10. The molecule has 27 heavy (non-hydrogen) atoms. The summed E-state index contributed by atoms with van der Waals surface area (Å²) in [4.78, 5) is 12.5. The van der Waals surface area contributed by atoms with Crippen molar-refractivity contribution in [3.63, 3.8) is 0 Å². The van der Waals surface area contributed by atoms with Crippen molar-refractivity contribution in [2.75, 3.05) is 18.0 Å². The Hall–Kier alpha value is -2.06. The molecular weight excluding hydrogens is 432 g/mol. The molecule has 0 aromatic heterocycles. The van der Waals surface area contributed by atoms with Gasteiger partial charge in [-0.25, -0.2) is 8.42 Å². The van der Waals surface area contributed by atoms with Crippen LogP contribution in [0.15, 0.2) is 57.9 Å². The van der Waals surface area contributed by atoms with Crippen molar-refractivity contribution < 1.29 is 17.9 Å². The maximum absolute atomic E-state index is 13.4. The average molecular weight is 455 g/mol. The van der Waals surface area contributed by atoms with Gasteiger partial charge in [-0.3, -0.25) is 9.10 Å². The molecule has 0 aliphatic heterocycles. The highest BCUT2D eigenvalue weighted by Gasteiger charge is 2.31. The molecular formula is C19H23BrN2O4S. The standard InChI is InChI=1S/C19H23BrN2O4S/c1-19(2,3)21-18(23)13-22(15-8-6-5-7-9-15)27(24,25)17-12-14(20)10-11-16(17)26-4/h5-12H,13H2,1-4H3,(H,21,23). The Balaban J connectivity index is 2.53. The van der Waals surface area contributed by atoms with Gasteiger partial charge >= 0.3 is 0 Å². The van der Waals surface area contributed by atoms with Crippen molar-refractivity contribution in [1.82, 2.24) is 5.32 Å². The largest absolute Gasteiger partial charge is 0.495 e. The minimum Gasteiger partial charge on any atom is -0.495 e. The van der Waals surface area contributed by atoms with Gasteiger partial charge in [-0.15, -0.1) is 0 Å². The monoisotopic (exact) mass is 454 g/mol. The third kappa shape index (κ3) is 5.46. The Kier molecular flexibility index (Phi) is 6.54. The van der Waals surface area contributed by atoms with Crippen LogP contribution < -0.4 is 14.4 Å². The van der Waals surface area contributed by atoms with Crippen LogP contribution in [0.2, 0.25) is 0 Å². The third-order valence-electron chi connectivity index (χ3n) is 3.54. The number of sulfonamides is 1. The molecule has 2 aromatic carbocycles. The van der Waals surface area contributed by atoms with Crippen molar-refractivity contribution in [3.8, 4) is 5.75 Å². The summed E-state index contributed by atoms with van der Waals surface area (Å²) < 4.78 is 33.7. The number of amides is 1. The maximum atomic E-state index is 13.4. The second-order valence-electron chi connectivity index (χ2n) is 6.94. The number of carbonyl (C=O) groups is 1. The highest BCUT2D eigenvalue weighted by atomic mass is 79.9. The summed E-state index contributed by atoms with van der Waals surface area (Å²) in [6.07, 6.45) is 0. The Morgan fingerprint density at radius 1 is 1.15 bits per heavy atom. The summed E-state index contributed by atoms with van der Waals surface area (Å²) in [5, 5.41) is 2.80. The van der Waals surface area contributed by atoms with Gasteiger partial charge in [0.2, 0.25) is 5.91 Å². The van der Waals surface area contributed by atoms with Gasteiger partial charge in [-0.1, -0.05) is 34.1 Å². The summed E-state index contributed by atoms with van der Waals surface area (Å²) in [5.74, 6) is -0.195. The van der Waals surface area contributed by atoms with Crippen LogP contribution in [-0.2, 0) is 14.8 Å². The zero-order valence-electron chi connectivity index (χ0n) is 15.7. The maximum Gasteiger partial charge on any atom is 0.268 e. The Bertz CT molecular complexity index is 909. The first kappa shape index (κ1) is 21.2. The van der Waals surface area contributed by atoms with Crippen LogP contribution in [-0.4, -0.2) is 33.5 Å². The molecule has 1 N–H and O–H groups in total. The van der Waals surface area contributed by atoms with Crippen molar-refractivity contribution in [3.05, 3.63) is 53.0 Å². The van der Waals surface area contributed by atoms with Crippen molar-refractivity contribution >= 4 is 37.5 Å². The molecule has 6 nitrogen and oxygen atoms in total. The number of anilines is 1. The topological polar surface area (TPSA) is 75.7 Å². The molecule has 146 valence electrons. The molecule has 0 heterocycles. The number of nitrogens with zero attached hydrogens (tertiary/aromatic N) is 1. The number of benzene rings is 2. The van der Waals surface area contributed by atoms with Gasteiger partial charge in [0.1, 0.15) is 17.2 Å². The third-order valence-corrected chi connectivity index (χ3v) is 5.83. The summed E-state index contributed by atoms with van der Waals surface area (Å²) in [5.41, 5.74) is -0.0833. The van der Waals surface area contributed by atoms with E-state index in [4.69, 9.17) is 4.74 Å². The Morgan fingerprint density at radius 3 is 2.33 bits per heavy atom. The van der Waals surface area contributed by atoms with Gasteiger partial charge in [0.15, 0.2) is 0 Å². The number of carbonyl (C=O) groups excluding carboxylic acids is 1. The van der Waals surface area contributed by atoms with Crippen LogP contribution in [0.4, 0.5) is 5.69 Å². The predicted octanol–water partition coefficient (Wildman–Crippen LogP) is 3.57. The molecule has 8 heteroatoms. The fraction of sp³-hybridized carbons (Fsp3) is 0.316. The molecule has 0 saturated heterocycles. The van der Waals surface area contributed by atoms with Gasteiger partial charge in [0.05, 0.1) is 12.8 Å². The summed E-state index contributed by atoms with van der Waals surface area (Å²) >= 11 is 3.30. The number of hydrogen-bond acceptors (Lipinski definition) is 4. The van der Waals surface area contributed by atoms with Crippen LogP contribution in [0.25, 0.3) is 0 Å². The van der Waals surface area contributed by atoms with E-state index >= 15 is 0 Å². The number of hydrogen-bond donors (Lipinski definition) is 1. The summed E-state index contributed by atoms with van der Waals surface area (Å²) in [6.45, 7) is 5.16. The Morgan fingerprint density at radius 2 is 1.78 bits per heavy atom. The zero-order valence-corrected chi connectivity index (χ0v) is 18.1. The smallest absolute Gasteiger partial charge is 0.268 e. The normalized spacial score (nSPS) is 11.7. The van der Waals surface area contributed by atoms with E-state index in [1.54, 1.807) is 42.5 Å². The fourth-order valence-electron chi connectivity index (χ4n) is 2.47. The number of ether oxygens (including phenoxy) is 1. The van der Waals surface area contributed by atoms with E-state index in [0.717, 1.165) is 4.31 Å². The molecule has 0 aliphatic rings. The minimum absolute atomic E-state index is 0.0215. The molecule has 0 fully saturated rings. The Labute approximate surface area is 168 Å². The van der Waals surface area contributed by atoms with E-state index in [1.165, 1.54) is 13.2 Å². The van der Waals surface area contributed by atoms with Crippen LogP contribution in [0.5, 0.6) is 5.75 Å². The van der Waals surface area contributed by atoms with Gasteiger partial charge in [0, 0.05) is 10.0 Å². The van der Waals surface area contributed by atoms with E-state index in [1.807, 2.05) is 20.8 Å². The van der Waals surface area contributed by atoms with Crippen LogP contribution in [0, 0.1) is 0 Å². The lowest BCUT2D eigenvalue weighted by Crippen LogP contribution is -2.47. The lowest BCUT2D eigenvalue weighted by atomic mass is 10.1. The average Bonchev–Trinajstić information content (AvgIpc) is 2.58. The first-order chi connectivity index (χ1) is 12.5. The van der Waals surface area contributed by atoms with Crippen LogP contribution in [0.1, 0.15) is 20.8 Å². The number of methoxy groups -OCH3 is 1. The molecule has 0 aliphatic carbocycles. The highest BCUT2D eigenvalue weighted by Crippen LogP contribution is 2.32. The van der Waals surface area contributed by atoms with Crippen LogP contribution >= 0.6 is 15.9 Å². The number of rotatable bonds is 6. The quantitative estimate of drug-likeness (QED) is 0.723. The fourth-order valence-corrected chi connectivity index (χ4v) is 4.59. The van der Waals surface area contributed by atoms with E-state index in [9.17, 15) is 13.2 Å². The van der Waals surface area contributed by atoms with Crippen molar-refractivity contribution in [1.29, 1.82) is 0 Å². The second-order valence-corrected chi connectivity index (χ2v) is 9.69. The summed E-state index contributed by atoms with van der Waals surface area (Å²) in [7, 11) is -2.65. The second kappa shape index (κ2) is 8.31. The van der Waals surface area contributed by atoms with Crippen LogP contribution in [0.3, 0.4) is 0 Å². The molecule has 0 saturated carbocycles. The van der Waals surface area contributed by atoms with E-state index in [0.29, 0.717) is 10.2 Å². The zero-order chi connectivity index (χ0) is 20.2. The molecule has 0 unspecified atom stereocenters. The predicted molar refractivity (Wildman–Crippen MR) is 110 cm³/mol. The van der Waals surface area contributed by atoms with Crippen molar-refractivity contribution in [2.45, 2.75) is 31.2 Å². The molecule has 2 rings (SSSR count). The molecule has 2 aromatic rings. The molecule has 0 radical (unpaired) electrons. The van der Waals surface area contributed by atoms with E-state index in [-0.39, 0.29) is 17.2 Å². The number of nitrogens with one attached hydrogen (secondary N) is 1. The first-order valence-electron chi connectivity index (χ1n) is 8.27. The first-order valence-corrected chi connectivity index (χ1v) is 10.5. The van der Waals surface area contributed by atoms with Crippen molar-refractivity contribution in [2.24, 2.45) is 0 Å². The molecule has 0 spiro atoms. The van der Waals surface area contributed by atoms with Gasteiger partial charge in [0.25, 0.3) is 10.0 Å². The SMILES string of the molecule is COc1ccc(Br)cc1S(=O)(=O)N(CC(=O)NC(C)(C)C)c1ccccc1. The lowest BCUT2D eigenvalue weighted by molar-refractivity contribution is -0.121. The van der Waals surface area contributed by atoms with E-state index in [2.05, 4.69) is 21.2 Å². The lowest BCUT2D eigenvalue weighted by Gasteiger charge is -2.27. The minimum atomic E-state index is -4.05. The molecule has 1 amide bonds. The van der Waals surface area contributed by atoms with E-state index < -0.39 is 21.5 Å². The van der Waals surface area contributed by atoms with Gasteiger partial charge in [-0.2, -0.15) is 0 Å². The van der Waals surface area contributed by atoms with Gasteiger partial charge in [-0.05, 0) is 51.1 Å². The summed E-state index contributed by atoms with van der Waals surface area (Å²) in [6, 6.07) is 13.2. The molecule has 0 atom stereocenters. The molecule has 0 bridgehead atoms. The number of para-hydroxylation sites is 1. The number of halogens is 1. The van der Waals surface area contributed by atoms with Gasteiger partial charge < -0.3 is 10.1 Å².